The van der Waals surface area contributed by atoms with Gasteiger partial charge in [0.05, 0.1) is 6.61 Å². The summed E-state index contributed by atoms with van der Waals surface area (Å²) in [6.45, 7) is -0.495. The van der Waals surface area contributed by atoms with Gasteiger partial charge < -0.3 is 25.8 Å². The molecule has 0 radical (unpaired) electrons. The molecular formula is C10H14N2O6. The van der Waals surface area contributed by atoms with Gasteiger partial charge in [0.15, 0.2) is 12.0 Å². The van der Waals surface area contributed by atoms with Crippen LogP contribution < -0.4 is 5.73 Å². The van der Waals surface area contributed by atoms with Gasteiger partial charge in [0.2, 0.25) is 0 Å². The van der Waals surface area contributed by atoms with E-state index < -0.39 is 48.9 Å². The van der Waals surface area contributed by atoms with Crippen LogP contribution in [0.15, 0.2) is 12.3 Å². The van der Waals surface area contributed by atoms with E-state index in [2.05, 4.69) is 0 Å². The molecule has 0 aliphatic carbocycles. The molecule has 0 aromatic rings. The Labute approximate surface area is 102 Å². The molecule has 0 spiro atoms. The second kappa shape index (κ2) is 4.75. The molecule has 2 aliphatic rings. The maximum absolute atomic E-state index is 11.8. The maximum atomic E-state index is 11.8. The van der Waals surface area contributed by atoms with E-state index in [1.54, 1.807) is 0 Å². The molecule has 2 unspecified atom stereocenters. The second-order valence-corrected chi connectivity index (χ2v) is 4.17. The van der Waals surface area contributed by atoms with Crippen molar-refractivity contribution >= 4 is 11.7 Å². The minimum Gasteiger partial charge on any atom is -0.394 e. The predicted octanol–water partition coefficient (Wildman–Crippen LogP) is -3.32. The van der Waals surface area contributed by atoms with Crippen molar-refractivity contribution in [3.63, 3.8) is 0 Å². The fourth-order valence-electron chi connectivity index (χ4n) is 1.93. The lowest BCUT2D eigenvalue weighted by atomic mass is 10.1. The molecule has 5 atom stereocenters. The summed E-state index contributed by atoms with van der Waals surface area (Å²) in [6.07, 6.45) is -2.60. The molecule has 0 saturated carbocycles. The molecular weight excluding hydrogens is 244 g/mol. The van der Waals surface area contributed by atoms with E-state index in [1.807, 2.05) is 0 Å². The summed E-state index contributed by atoms with van der Waals surface area (Å²) in [5.74, 6) is -1.26. The molecule has 0 aromatic heterocycles. The first-order valence-electron chi connectivity index (χ1n) is 5.39. The van der Waals surface area contributed by atoms with Gasteiger partial charge in [-0.2, -0.15) is 0 Å². The molecule has 8 heteroatoms. The molecule has 2 rings (SSSR count). The van der Waals surface area contributed by atoms with Crippen molar-refractivity contribution in [3.05, 3.63) is 12.3 Å². The molecule has 0 bridgehead atoms. The number of aliphatic hydroxyl groups excluding tert-OH is 3. The molecule has 8 nitrogen and oxygen atoms in total. The fourth-order valence-corrected chi connectivity index (χ4v) is 1.93. The van der Waals surface area contributed by atoms with Crippen molar-refractivity contribution in [1.29, 1.82) is 0 Å². The Morgan fingerprint density at radius 1 is 1.33 bits per heavy atom. The summed E-state index contributed by atoms with van der Waals surface area (Å²) in [6, 6.07) is -1.34. The summed E-state index contributed by atoms with van der Waals surface area (Å²) in [7, 11) is 0. The summed E-state index contributed by atoms with van der Waals surface area (Å²) in [5, 5.41) is 28.2. The molecule has 1 fully saturated rings. The summed E-state index contributed by atoms with van der Waals surface area (Å²) >= 11 is 0. The monoisotopic (exact) mass is 258 g/mol. The minimum absolute atomic E-state index is 0.495. The number of hydrogen-bond acceptors (Lipinski definition) is 7. The van der Waals surface area contributed by atoms with E-state index >= 15 is 0 Å². The first-order valence-corrected chi connectivity index (χ1v) is 5.39. The standard InChI is InChI=1S/C10H14N2O6/c11-6-4(14)1-2-12(9(6)17)10-8(16)7(15)5(3-13)18-10/h1-2,5-8,10,13,15-16H,3,11H2/t5-,6?,7+,8?,10-/m1/s1. The Balaban J connectivity index is 2.20. The first kappa shape index (κ1) is 13.1. The highest BCUT2D eigenvalue weighted by Crippen LogP contribution is 2.25. The van der Waals surface area contributed by atoms with Crippen molar-refractivity contribution in [2.24, 2.45) is 5.73 Å². The molecule has 100 valence electrons. The SMILES string of the molecule is NC1C(=O)C=CN([C@@H]2O[C@H](CO)[C@H](O)C2O)C1=O. The van der Waals surface area contributed by atoms with E-state index in [1.165, 1.54) is 0 Å². The first-order chi connectivity index (χ1) is 8.47. The van der Waals surface area contributed by atoms with E-state index in [0.29, 0.717) is 0 Å². The van der Waals surface area contributed by atoms with Gasteiger partial charge in [-0.1, -0.05) is 0 Å². The van der Waals surface area contributed by atoms with Gasteiger partial charge in [0.25, 0.3) is 5.91 Å². The highest BCUT2D eigenvalue weighted by atomic mass is 16.6. The van der Waals surface area contributed by atoms with Crippen molar-refractivity contribution in [3.8, 4) is 0 Å². The molecule has 18 heavy (non-hydrogen) atoms. The van der Waals surface area contributed by atoms with Crippen LogP contribution in [0.5, 0.6) is 0 Å². The van der Waals surface area contributed by atoms with Crippen LogP contribution in [0.4, 0.5) is 0 Å². The van der Waals surface area contributed by atoms with Gasteiger partial charge in [-0.05, 0) is 6.08 Å². The summed E-state index contributed by atoms with van der Waals surface area (Å²) in [4.78, 5) is 23.9. The highest BCUT2D eigenvalue weighted by molar-refractivity contribution is 6.12. The fraction of sp³-hybridized carbons (Fsp3) is 0.600. The number of ether oxygens (including phenoxy) is 1. The van der Waals surface area contributed by atoms with E-state index in [0.717, 1.165) is 17.2 Å². The molecule has 2 heterocycles. The minimum atomic E-state index is -1.38. The topological polar surface area (TPSA) is 133 Å². The quantitative estimate of drug-likeness (QED) is 0.381. The number of rotatable bonds is 2. The van der Waals surface area contributed by atoms with Crippen LogP contribution in [-0.4, -0.2) is 69.1 Å². The second-order valence-electron chi connectivity index (χ2n) is 4.17. The number of aliphatic hydroxyl groups is 3. The predicted molar refractivity (Wildman–Crippen MR) is 56.7 cm³/mol. The van der Waals surface area contributed by atoms with Crippen LogP contribution in [-0.2, 0) is 14.3 Å². The number of carbonyl (C=O) groups is 2. The Kier molecular flexibility index (Phi) is 3.46. The lowest BCUT2D eigenvalue weighted by molar-refractivity contribution is -0.150. The number of hydrogen-bond donors (Lipinski definition) is 4. The van der Waals surface area contributed by atoms with Gasteiger partial charge in [0, 0.05) is 6.20 Å². The number of nitrogens with zero attached hydrogens (tertiary/aromatic N) is 1. The average molecular weight is 258 g/mol. The van der Waals surface area contributed by atoms with E-state index in [-0.39, 0.29) is 0 Å². The largest absolute Gasteiger partial charge is 0.394 e. The normalized spacial score (nSPS) is 40.7. The van der Waals surface area contributed by atoms with Crippen LogP contribution in [0, 0.1) is 0 Å². The van der Waals surface area contributed by atoms with Crippen molar-refractivity contribution < 1.29 is 29.6 Å². The van der Waals surface area contributed by atoms with Crippen LogP contribution in [0.2, 0.25) is 0 Å². The third-order valence-electron chi connectivity index (χ3n) is 3.02. The van der Waals surface area contributed by atoms with Crippen LogP contribution in [0.1, 0.15) is 0 Å². The molecule has 5 N–H and O–H groups in total. The zero-order valence-electron chi connectivity index (χ0n) is 9.34. The van der Waals surface area contributed by atoms with E-state index in [9.17, 15) is 19.8 Å². The van der Waals surface area contributed by atoms with Crippen LogP contribution in [0.25, 0.3) is 0 Å². The lowest BCUT2D eigenvalue weighted by Gasteiger charge is -2.31. The van der Waals surface area contributed by atoms with Gasteiger partial charge in [0.1, 0.15) is 24.4 Å². The Morgan fingerprint density at radius 3 is 2.56 bits per heavy atom. The summed E-state index contributed by atoms with van der Waals surface area (Å²) < 4.78 is 5.17. The number of amides is 1. The third kappa shape index (κ3) is 1.93. The Hall–Kier alpha value is -1.32. The summed E-state index contributed by atoms with van der Waals surface area (Å²) in [5.41, 5.74) is 5.39. The highest BCUT2D eigenvalue weighted by Gasteiger charge is 2.47. The zero-order chi connectivity index (χ0) is 13.4. The van der Waals surface area contributed by atoms with E-state index in [4.69, 9.17) is 15.6 Å². The smallest absolute Gasteiger partial charge is 0.253 e. The number of carbonyl (C=O) groups excluding carboxylic acids is 2. The van der Waals surface area contributed by atoms with Gasteiger partial charge in [-0.3, -0.25) is 14.5 Å². The van der Waals surface area contributed by atoms with Crippen LogP contribution in [0.3, 0.4) is 0 Å². The van der Waals surface area contributed by atoms with Gasteiger partial charge >= 0.3 is 0 Å². The molecule has 1 amide bonds. The van der Waals surface area contributed by atoms with Crippen molar-refractivity contribution in [2.45, 2.75) is 30.6 Å². The van der Waals surface area contributed by atoms with Gasteiger partial charge in [-0.25, -0.2) is 0 Å². The molecule has 1 saturated heterocycles. The maximum Gasteiger partial charge on any atom is 0.253 e. The lowest BCUT2D eigenvalue weighted by Crippen LogP contribution is -2.54. The van der Waals surface area contributed by atoms with Crippen molar-refractivity contribution in [2.75, 3.05) is 6.61 Å². The van der Waals surface area contributed by atoms with Crippen molar-refractivity contribution in [1.82, 2.24) is 4.90 Å². The number of ketones is 1. The Bertz CT molecular complexity index is 398. The Morgan fingerprint density at radius 2 is 2.00 bits per heavy atom. The average Bonchev–Trinajstić information content (AvgIpc) is 2.64. The molecule has 0 aromatic carbocycles. The number of nitrogens with two attached hydrogens (primary N) is 1. The zero-order valence-corrected chi connectivity index (χ0v) is 9.34. The third-order valence-corrected chi connectivity index (χ3v) is 3.02. The molecule has 2 aliphatic heterocycles. The van der Waals surface area contributed by atoms with Gasteiger partial charge in [-0.15, -0.1) is 0 Å². The van der Waals surface area contributed by atoms with Crippen LogP contribution >= 0.6 is 0 Å².